The minimum atomic E-state index is -1.12. The average molecular weight is 271 g/mol. The number of pyridine rings is 1. The molecule has 2 rings (SSSR count). The summed E-state index contributed by atoms with van der Waals surface area (Å²) >= 11 is 5.75. The van der Waals surface area contributed by atoms with Gasteiger partial charge in [0.25, 0.3) is 0 Å². The Hall–Kier alpha value is -1.33. The van der Waals surface area contributed by atoms with E-state index < -0.39 is 5.97 Å². The van der Waals surface area contributed by atoms with Gasteiger partial charge in [0.05, 0.1) is 11.1 Å². The van der Waals surface area contributed by atoms with Crippen LogP contribution in [0.3, 0.4) is 0 Å². The number of nitrogens with zero attached hydrogens (tertiary/aromatic N) is 1. The number of aromatic nitrogens is 1. The number of anilines is 1. The molecule has 2 atom stereocenters. The number of nitrogens with one attached hydrogen (secondary N) is 1. The van der Waals surface area contributed by atoms with Crippen LogP contribution >= 0.6 is 11.6 Å². The second kappa shape index (κ2) is 5.54. The molecule has 0 spiro atoms. The Morgan fingerprint density at radius 3 is 3.06 bits per heavy atom. The fraction of sp³-hybridized carbons (Fsp3) is 0.500. The molecule has 5 nitrogen and oxygen atoms in total. The molecule has 1 aromatic heterocycles. The van der Waals surface area contributed by atoms with Crippen LogP contribution in [0.1, 0.15) is 23.8 Å². The summed E-state index contributed by atoms with van der Waals surface area (Å²) in [6, 6.07) is 3.21. The van der Waals surface area contributed by atoms with E-state index in [4.69, 9.17) is 21.4 Å². The SMILES string of the molecule is CC1OCCC1CNc1ccc(Cl)c(C(=O)O)n1. The van der Waals surface area contributed by atoms with Crippen LogP contribution in [0, 0.1) is 5.92 Å². The number of carboxylic acids is 1. The summed E-state index contributed by atoms with van der Waals surface area (Å²) in [5.41, 5.74) is -0.127. The molecule has 2 heterocycles. The predicted octanol–water partition coefficient (Wildman–Crippen LogP) is 2.27. The summed E-state index contributed by atoms with van der Waals surface area (Å²) in [6.07, 6.45) is 1.23. The van der Waals surface area contributed by atoms with E-state index >= 15 is 0 Å². The van der Waals surface area contributed by atoms with Gasteiger partial charge in [0.15, 0.2) is 5.69 Å². The smallest absolute Gasteiger partial charge is 0.356 e. The van der Waals surface area contributed by atoms with Crippen molar-refractivity contribution >= 4 is 23.4 Å². The van der Waals surface area contributed by atoms with Gasteiger partial charge >= 0.3 is 5.97 Å². The summed E-state index contributed by atoms with van der Waals surface area (Å²) in [5, 5.41) is 12.2. The summed E-state index contributed by atoms with van der Waals surface area (Å²) < 4.78 is 5.46. The third-order valence-corrected chi connectivity index (χ3v) is 3.43. The van der Waals surface area contributed by atoms with Gasteiger partial charge in [0, 0.05) is 19.1 Å². The van der Waals surface area contributed by atoms with Crippen molar-refractivity contribution in [3.05, 3.63) is 22.8 Å². The molecule has 1 saturated heterocycles. The third kappa shape index (κ3) is 2.91. The first kappa shape index (κ1) is 13.1. The monoisotopic (exact) mass is 270 g/mol. The van der Waals surface area contributed by atoms with E-state index in [1.165, 1.54) is 6.07 Å². The molecule has 1 aliphatic rings. The highest BCUT2D eigenvalue weighted by Gasteiger charge is 2.24. The minimum absolute atomic E-state index is 0.127. The van der Waals surface area contributed by atoms with Crippen LogP contribution in [0.2, 0.25) is 5.02 Å². The Morgan fingerprint density at radius 2 is 2.44 bits per heavy atom. The first-order valence-electron chi connectivity index (χ1n) is 5.83. The quantitative estimate of drug-likeness (QED) is 0.878. The fourth-order valence-corrected chi connectivity index (χ4v) is 2.16. The lowest BCUT2D eigenvalue weighted by molar-refractivity contribution is 0.0691. The number of aromatic carboxylic acids is 1. The van der Waals surface area contributed by atoms with E-state index in [2.05, 4.69) is 10.3 Å². The normalized spacial score (nSPS) is 23.0. The fourth-order valence-electron chi connectivity index (χ4n) is 1.97. The van der Waals surface area contributed by atoms with Crippen LogP contribution < -0.4 is 5.32 Å². The van der Waals surface area contributed by atoms with Crippen molar-refractivity contribution in [2.24, 2.45) is 5.92 Å². The van der Waals surface area contributed by atoms with Gasteiger partial charge in [0.2, 0.25) is 0 Å². The Balaban J connectivity index is 2.01. The van der Waals surface area contributed by atoms with Gasteiger partial charge in [-0.05, 0) is 25.5 Å². The zero-order chi connectivity index (χ0) is 13.1. The van der Waals surface area contributed by atoms with Crippen molar-refractivity contribution in [3.63, 3.8) is 0 Å². The predicted molar refractivity (Wildman–Crippen MR) is 68.2 cm³/mol. The van der Waals surface area contributed by atoms with Gasteiger partial charge in [-0.1, -0.05) is 11.6 Å². The molecule has 2 N–H and O–H groups in total. The van der Waals surface area contributed by atoms with Gasteiger partial charge in [-0.15, -0.1) is 0 Å². The van der Waals surface area contributed by atoms with E-state index in [0.29, 0.717) is 11.7 Å². The molecule has 18 heavy (non-hydrogen) atoms. The van der Waals surface area contributed by atoms with Crippen LogP contribution in [-0.2, 0) is 4.74 Å². The molecular weight excluding hydrogens is 256 g/mol. The second-order valence-electron chi connectivity index (χ2n) is 4.34. The van der Waals surface area contributed by atoms with Gasteiger partial charge in [-0.25, -0.2) is 9.78 Å². The Bertz CT molecular complexity index is 453. The first-order chi connectivity index (χ1) is 8.58. The standard InChI is InChI=1S/C12H15ClN2O3/c1-7-8(4-5-18-7)6-14-10-3-2-9(13)11(15-10)12(16)17/h2-3,7-8H,4-6H2,1H3,(H,14,15)(H,16,17). The molecule has 0 radical (unpaired) electrons. The zero-order valence-electron chi connectivity index (χ0n) is 10.0. The molecule has 1 aliphatic heterocycles. The summed E-state index contributed by atoms with van der Waals surface area (Å²) in [5.74, 6) is -0.173. The summed E-state index contributed by atoms with van der Waals surface area (Å²) in [7, 11) is 0. The maximum atomic E-state index is 10.9. The zero-order valence-corrected chi connectivity index (χ0v) is 10.8. The number of rotatable bonds is 4. The molecule has 6 heteroatoms. The maximum absolute atomic E-state index is 10.9. The lowest BCUT2D eigenvalue weighted by Gasteiger charge is -2.15. The first-order valence-corrected chi connectivity index (χ1v) is 6.21. The van der Waals surface area contributed by atoms with Crippen LogP contribution in [0.15, 0.2) is 12.1 Å². The topological polar surface area (TPSA) is 71.5 Å². The van der Waals surface area contributed by atoms with Crippen LogP contribution in [0.4, 0.5) is 5.82 Å². The van der Waals surface area contributed by atoms with Gasteiger partial charge < -0.3 is 15.2 Å². The van der Waals surface area contributed by atoms with Crippen molar-refractivity contribution < 1.29 is 14.6 Å². The van der Waals surface area contributed by atoms with Crippen LogP contribution in [0.5, 0.6) is 0 Å². The molecule has 2 unspecified atom stereocenters. The number of halogens is 1. The van der Waals surface area contributed by atoms with E-state index in [0.717, 1.165) is 19.6 Å². The van der Waals surface area contributed by atoms with Crippen molar-refractivity contribution in [2.45, 2.75) is 19.4 Å². The lowest BCUT2D eigenvalue weighted by atomic mass is 10.0. The van der Waals surface area contributed by atoms with Gasteiger partial charge in [-0.3, -0.25) is 0 Å². The number of ether oxygens (including phenoxy) is 1. The molecule has 0 bridgehead atoms. The van der Waals surface area contributed by atoms with E-state index in [1.807, 2.05) is 6.92 Å². The van der Waals surface area contributed by atoms with Crippen LogP contribution in [-0.4, -0.2) is 35.3 Å². The Labute approximate surface area is 110 Å². The number of hydrogen-bond acceptors (Lipinski definition) is 4. The van der Waals surface area contributed by atoms with Gasteiger partial charge in [0.1, 0.15) is 5.82 Å². The van der Waals surface area contributed by atoms with Gasteiger partial charge in [-0.2, -0.15) is 0 Å². The number of carbonyl (C=O) groups is 1. The minimum Gasteiger partial charge on any atom is -0.476 e. The van der Waals surface area contributed by atoms with E-state index in [1.54, 1.807) is 6.07 Å². The lowest BCUT2D eigenvalue weighted by Crippen LogP contribution is -2.21. The highest BCUT2D eigenvalue weighted by atomic mass is 35.5. The van der Waals surface area contributed by atoms with Crippen molar-refractivity contribution in [1.29, 1.82) is 0 Å². The largest absolute Gasteiger partial charge is 0.476 e. The molecule has 0 aromatic carbocycles. The molecule has 0 saturated carbocycles. The highest BCUT2D eigenvalue weighted by Crippen LogP contribution is 2.21. The Morgan fingerprint density at radius 1 is 1.67 bits per heavy atom. The maximum Gasteiger partial charge on any atom is 0.356 e. The van der Waals surface area contributed by atoms with E-state index in [-0.39, 0.29) is 16.8 Å². The van der Waals surface area contributed by atoms with Crippen molar-refractivity contribution in [3.8, 4) is 0 Å². The molecule has 1 aromatic rings. The van der Waals surface area contributed by atoms with Crippen molar-refractivity contribution in [1.82, 2.24) is 4.98 Å². The molecule has 1 fully saturated rings. The third-order valence-electron chi connectivity index (χ3n) is 3.13. The Kier molecular flexibility index (Phi) is 4.04. The summed E-state index contributed by atoms with van der Waals surface area (Å²) in [4.78, 5) is 14.9. The molecule has 0 aliphatic carbocycles. The number of hydrogen-bond donors (Lipinski definition) is 2. The molecule has 98 valence electrons. The summed E-state index contributed by atoms with van der Waals surface area (Å²) in [6.45, 7) is 3.54. The second-order valence-corrected chi connectivity index (χ2v) is 4.74. The van der Waals surface area contributed by atoms with E-state index in [9.17, 15) is 4.79 Å². The molecule has 0 amide bonds. The van der Waals surface area contributed by atoms with Crippen molar-refractivity contribution in [2.75, 3.05) is 18.5 Å². The highest BCUT2D eigenvalue weighted by molar-refractivity contribution is 6.33. The molecular formula is C12H15ClN2O3. The van der Waals surface area contributed by atoms with Crippen LogP contribution in [0.25, 0.3) is 0 Å². The number of carboxylic acid groups (broad SMARTS) is 1. The average Bonchev–Trinajstić information content (AvgIpc) is 2.73.